The summed E-state index contributed by atoms with van der Waals surface area (Å²) in [6.45, 7) is 3.97. The number of hydrogen-bond donors (Lipinski definition) is 1. The van der Waals surface area contributed by atoms with E-state index in [1.165, 1.54) is 7.11 Å². The number of nitrogens with zero attached hydrogens (tertiary/aromatic N) is 1. The number of imidazole rings is 1. The van der Waals surface area contributed by atoms with Crippen molar-refractivity contribution in [1.29, 1.82) is 0 Å². The molecule has 0 saturated carbocycles. The van der Waals surface area contributed by atoms with Crippen LogP contribution < -0.4 is 0 Å². The number of hydrogen-bond acceptors (Lipinski definition) is 3. The van der Waals surface area contributed by atoms with Crippen LogP contribution in [0, 0.1) is 13.8 Å². The molecule has 78 valence electrons. The van der Waals surface area contributed by atoms with Gasteiger partial charge in [-0.3, -0.25) is 0 Å². The summed E-state index contributed by atoms with van der Waals surface area (Å²) in [5, 5.41) is 0. The standard InChI is InChI=1S/C11H12N2O2/c1-6-4-7(2)9-8(5-6)12-10(13-9)11(14)15-3/h4-5H,1-3H3,(H,12,13). The molecule has 1 N–H and O–H groups in total. The van der Waals surface area contributed by atoms with Crippen molar-refractivity contribution < 1.29 is 9.53 Å². The van der Waals surface area contributed by atoms with Crippen molar-refractivity contribution in [2.75, 3.05) is 7.11 Å². The van der Waals surface area contributed by atoms with E-state index in [9.17, 15) is 4.79 Å². The third-order valence-electron chi connectivity index (χ3n) is 2.30. The van der Waals surface area contributed by atoms with Crippen LogP contribution >= 0.6 is 0 Å². The summed E-state index contributed by atoms with van der Waals surface area (Å²) in [6, 6.07) is 3.99. The zero-order valence-electron chi connectivity index (χ0n) is 8.92. The van der Waals surface area contributed by atoms with Crippen LogP contribution in [0.5, 0.6) is 0 Å². The molecular formula is C11H12N2O2. The number of nitrogens with one attached hydrogen (secondary N) is 1. The summed E-state index contributed by atoms with van der Waals surface area (Å²) >= 11 is 0. The molecule has 1 aromatic heterocycles. The summed E-state index contributed by atoms with van der Waals surface area (Å²) in [5.74, 6) is -0.190. The molecule has 4 heteroatoms. The van der Waals surface area contributed by atoms with E-state index in [-0.39, 0.29) is 5.82 Å². The number of fused-ring (bicyclic) bond motifs is 1. The first kappa shape index (κ1) is 9.71. The third-order valence-corrected chi connectivity index (χ3v) is 2.30. The van der Waals surface area contributed by atoms with Crippen LogP contribution in [-0.4, -0.2) is 23.0 Å². The number of aryl methyl sites for hydroxylation is 2. The van der Waals surface area contributed by atoms with E-state index in [2.05, 4.69) is 14.7 Å². The highest BCUT2D eigenvalue weighted by molar-refractivity contribution is 5.91. The fourth-order valence-corrected chi connectivity index (χ4v) is 1.66. The van der Waals surface area contributed by atoms with Gasteiger partial charge in [-0.1, -0.05) is 6.07 Å². The van der Waals surface area contributed by atoms with Crippen LogP contribution in [0.15, 0.2) is 12.1 Å². The second-order valence-electron chi connectivity index (χ2n) is 3.55. The average molecular weight is 204 g/mol. The molecule has 0 aliphatic carbocycles. The molecule has 0 atom stereocenters. The zero-order valence-corrected chi connectivity index (χ0v) is 8.92. The number of carbonyl (C=O) groups excluding carboxylic acids is 1. The zero-order chi connectivity index (χ0) is 11.0. The lowest BCUT2D eigenvalue weighted by Gasteiger charge is -1.95. The first-order valence-corrected chi connectivity index (χ1v) is 4.67. The van der Waals surface area contributed by atoms with Crippen molar-refractivity contribution in [3.05, 3.63) is 29.1 Å². The number of ether oxygens (including phenoxy) is 1. The lowest BCUT2D eigenvalue weighted by molar-refractivity contribution is 0.0588. The highest BCUT2D eigenvalue weighted by Crippen LogP contribution is 2.18. The lowest BCUT2D eigenvalue weighted by atomic mass is 10.1. The predicted molar refractivity (Wildman–Crippen MR) is 56.9 cm³/mol. The molecule has 2 rings (SSSR count). The van der Waals surface area contributed by atoms with Crippen molar-refractivity contribution in [2.45, 2.75) is 13.8 Å². The molecule has 0 radical (unpaired) electrons. The monoisotopic (exact) mass is 204 g/mol. The van der Waals surface area contributed by atoms with Gasteiger partial charge in [-0.25, -0.2) is 9.78 Å². The Morgan fingerprint density at radius 2 is 2.13 bits per heavy atom. The molecule has 4 nitrogen and oxygen atoms in total. The fourth-order valence-electron chi connectivity index (χ4n) is 1.66. The van der Waals surface area contributed by atoms with E-state index in [4.69, 9.17) is 0 Å². The Bertz CT molecular complexity index is 529. The number of carbonyl (C=O) groups is 1. The Morgan fingerprint density at radius 3 is 2.80 bits per heavy atom. The molecular weight excluding hydrogens is 192 g/mol. The molecule has 1 heterocycles. The first-order valence-electron chi connectivity index (χ1n) is 4.67. The fraction of sp³-hybridized carbons (Fsp3) is 0.273. The smallest absolute Gasteiger partial charge is 0.374 e. The summed E-state index contributed by atoms with van der Waals surface area (Å²) < 4.78 is 4.60. The van der Waals surface area contributed by atoms with Crippen molar-refractivity contribution in [2.24, 2.45) is 0 Å². The molecule has 0 fully saturated rings. The van der Waals surface area contributed by atoms with E-state index in [0.717, 1.165) is 22.2 Å². The van der Waals surface area contributed by atoms with Gasteiger partial charge in [0.15, 0.2) is 0 Å². The first-order chi connectivity index (χ1) is 7.11. The lowest BCUT2D eigenvalue weighted by Crippen LogP contribution is -2.02. The van der Waals surface area contributed by atoms with E-state index in [0.29, 0.717) is 0 Å². The second-order valence-corrected chi connectivity index (χ2v) is 3.55. The molecule has 0 amide bonds. The van der Waals surface area contributed by atoms with Crippen LogP contribution in [0.2, 0.25) is 0 Å². The molecule has 0 unspecified atom stereocenters. The van der Waals surface area contributed by atoms with Gasteiger partial charge >= 0.3 is 5.97 Å². The minimum absolute atomic E-state index is 0.251. The molecule has 0 spiro atoms. The van der Waals surface area contributed by atoms with Gasteiger partial charge in [-0.15, -0.1) is 0 Å². The van der Waals surface area contributed by atoms with Gasteiger partial charge in [-0.2, -0.15) is 0 Å². The Morgan fingerprint density at radius 1 is 1.40 bits per heavy atom. The van der Waals surface area contributed by atoms with Crippen LogP contribution in [-0.2, 0) is 4.74 Å². The molecule has 0 saturated heterocycles. The number of esters is 1. The largest absolute Gasteiger partial charge is 0.463 e. The summed E-state index contributed by atoms with van der Waals surface area (Å²) in [7, 11) is 1.34. The average Bonchev–Trinajstić information content (AvgIpc) is 2.60. The van der Waals surface area contributed by atoms with Crippen molar-refractivity contribution in [1.82, 2.24) is 9.97 Å². The van der Waals surface area contributed by atoms with Gasteiger partial charge in [0.25, 0.3) is 0 Å². The normalized spacial score (nSPS) is 10.6. The number of aromatic nitrogens is 2. The van der Waals surface area contributed by atoms with Crippen molar-refractivity contribution >= 4 is 17.0 Å². The van der Waals surface area contributed by atoms with Gasteiger partial charge < -0.3 is 9.72 Å². The summed E-state index contributed by atoms with van der Waals surface area (Å²) in [4.78, 5) is 18.4. The topological polar surface area (TPSA) is 55.0 Å². The SMILES string of the molecule is COC(=O)c1nc2c(C)cc(C)cc2[nH]1. The van der Waals surface area contributed by atoms with Gasteiger partial charge in [-0.05, 0) is 31.0 Å². The molecule has 0 aliphatic rings. The van der Waals surface area contributed by atoms with E-state index >= 15 is 0 Å². The van der Waals surface area contributed by atoms with Crippen LogP contribution in [0.3, 0.4) is 0 Å². The van der Waals surface area contributed by atoms with E-state index < -0.39 is 5.97 Å². The van der Waals surface area contributed by atoms with Gasteiger partial charge in [0.05, 0.1) is 18.1 Å². The molecule has 2 aromatic rings. The maximum Gasteiger partial charge on any atom is 0.374 e. The third kappa shape index (κ3) is 1.58. The Hall–Kier alpha value is -1.84. The maximum atomic E-state index is 11.3. The Labute approximate surface area is 87.3 Å². The van der Waals surface area contributed by atoms with E-state index in [1.54, 1.807) is 0 Å². The molecule has 15 heavy (non-hydrogen) atoms. The van der Waals surface area contributed by atoms with Gasteiger partial charge in [0, 0.05) is 0 Å². The maximum absolute atomic E-state index is 11.3. The van der Waals surface area contributed by atoms with Crippen molar-refractivity contribution in [3.8, 4) is 0 Å². The minimum Gasteiger partial charge on any atom is -0.463 e. The van der Waals surface area contributed by atoms with Gasteiger partial charge in [0.1, 0.15) is 0 Å². The molecule has 0 bridgehead atoms. The van der Waals surface area contributed by atoms with Crippen LogP contribution in [0.25, 0.3) is 11.0 Å². The highest BCUT2D eigenvalue weighted by Gasteiger charge is 2.12. The Balaban J connectivity index is 2.65. The van der Waals surface area contributed by atoms with E-state index in [1.807, 2.05) is 26.0 Å². The number of H-pyrrole nitrogens is 1. The van der Waals surface area contributed by atoms with Crippen LogP contribution in [0.4, 0.5) is 0 Å². The number of rotatable bonds is 1. The predicted octanol–water partition coefficient (Wildman–Crippen LogP) is 1.97. The Kier molecular flexibility index (Phi) is 2.19. The second kappa shape index (κ2) is 3.38. The van der Waals surface area contributed by atoms with Crippen molar-refractivity contribution in [3.63, 3.8) is 0 Å². The quantitative estimate of drug-likeness (QED) is 0.722. The number of aromatic amines is 1. The molecule has 0 aliphatic heterocycles. The highest BCUT2D eigenvalue weighted by atomic mass is 16.5. The minimum atomic E-state index is -0.441. The summed E-state index contributed by atoms with van der Waals surface area (Å²) in [6.07, 6.45) is 0. The number of methoxy groups -OCH3 is 1. The van der Waals surface area contributed by atoms with Crippen LogP contribution in [0.1, 0.15) is 21.7 Å². The summed E-state index contributed by atoms with van der Waals surface area (Å²) in [5.41, 5.74) is 3.88. The molecule has 1 aromatic carbocycles. The van der Waals surface area contributed by atoms with Gasteiger partial charge in [0.2, 0.25) is 5.82 Å². The number of benzene rings is 1.